The number of hydrogen-bond acceptors (Lipinski definition) is 6. The first kappa shape index (κ1) is 16.3. The molecule has 1 unspecified atom stereocenters. The third kappa shape index (κ3) is 2.95. The lowest BCUT2D eigenvalue weighted by atomic mass is 9.96. The number of aromatic nitrogens is 3. The van der Waals surface area contributed by atoms with E-state index in [4.69, 9.17) is 9.47 Å². The molecule has 0 aliphatic carbocycles. The first-order valence-corrected chi connectivity index (χ1v) is 9.52. The van der Waals surface area contributed by atoms with E-state index in [0.717, 1.165) is 30.4 Å². The van der Waals surface area contributed by atoms with E-state index in [1.807, 2.05) is 22.8 Å². The molecule has 0 spiro atoms. The summed E-state index contributed by atoms with van der Waals surface area (Å²) < 4.78 is 12.7. The van der Waals surface area contributed by atoms with Crippen molar-refractivity contribution in [2.24, 2.45) is 7.05 Å². The van der Waals surface area contributed by atoms with Crippen LogP contribution < -0.4 is 9.47 Å². The summed E-state index contributed by atoms with van der Waals surface area (Å²) >= 11 is 1.58. The Morgan fingerprint density at radius 1 is 1.28 bits per heavy atom. The lowest BCUT2D eigenvalue weighted by Gasteiger charge is -2.32. The van der Waals surface area contributed by atoms with Crippen LogP contribution in [0.15, 0.2) is 23.4 Å². The molecule has 2 aliphatic rings. The number of benzene rings is 1. The fraction of sp³-hybridized carbons (Fsp3) is 0.471. The zero-order valence-corrected chi connectivity index (χ0v) is 15.1. The molecule has 25 heavy (non-hydrogen) atoms. The van der Waals surface area contributed by atoms with Gasteiger partial charge in [0.25, 0.3) is 5.91 Å². The van der Waals surface area contributed by atoms with Crippen molar-refractivity contribution < 1.29 is 14.3 Å². The lowest BCUT2D eigenvalue weighted by molar-refractivity contribution is 0.0703. The number of carbonyl (C=O) groups excluding carboxylic acids is 1. The Kier molecular flexibility index (Phi) is 4.29. The highest BCUT2D eigenvalue weighted by atomic mass is 32.2. The fourth-order valence-corrected chi connectivity index (χ4v) is 3.93. The van der Waals surface area contributed by atoms with Gasteiger partial charge in [-0.2, -0.15) is 0 Å². The minimum atomic E-state index is 0.0234. The molecule has 0 N–H and O–H groups in total. The number of thioether (sulfide) groups is 1. The third-order valence-electron chi connectivity index (χ3n) is 4.74. The molecule has 1 amide bonds. The highest BCUT2D eigenvalue weighted by molar-refractivity contribution is 7.98. The van der Waals surface area contributed by atoms with Gasteiger partial charge in [0.15, 0.2) is 16.7 Å². The van der Waals surface area contributed by atoms with Gasteiger partial charge in [-0.25, -0.2) is 0 Å². The quantitative estimate of drug-likeness (QED) is 0.782. The Bertz CT molecular complexity index is 807. The zero-order chi connectivity index (χ0) is 17.4. The van der Waals surface area contributed by atoms with E-state index < -0.39 is 0 Å². The number of fused-ring (bicyclic) bond motifs is 1. The Balaban J connectivity index is 1.52. The van der Waals surface area contributed by atoms with Crippen molar-refractivity contribution in [2.45, 2.75) is 23.9 Å². The number of carbonyl (C=O) groups is 1. The minimum Gasteiger partial charge on any atom is -0.454 e. The SMILES string of the molecule is CSc1nnc(C2CCCN(C(=O)c3ccc4c(c3)OCO4)C2)n1C. The van der Waals surface area contributed by atoms with Gasteiger partial charge in [0.05, 0.1) is 0 Å². The number of likely N-dealkylation sites (tertiary alicyclic amines) is 1. The van der Waals surface area contributed by atoms with Gasteiger partial charge in [-0.1, -0.05) is 11.8 Å². The summed E-state index contributed by atoms with van der Waals surface area (Å²) in [5.74, 6) is 2.52. The van der Waals surface area contributed by atoms with Crippen LogP contribution in [-0.2, 0) is 7.05 Å². The summed E-state index contributed by atoms with van der Waals surface area (Å²) in [6.07, 6.45) is 3.97. The van der Waals surface area contributed by atoms with E-state index in [2.05, 4.69) is 10.2 Å². The van der Waals surface area contributed by atoms with Crippen LogP contribution in [0.2, 0.25) is 0 Å². The average molecular weight is 360 g/mol. The molecule has 2 aromatic rings. The maximum Gasteiger partial charge on any atom is 0.254 e. The topological polar surface area (TPSA) is 69.5 Å². The molecule has 3 heterocycles. The maximum atomic E-state index is 12.9. The molecule has 1 aromatic carbocycles. The van der Waals surface area contributed by atoms with Crippen molar-refractivity contribution in [2.75, 3.05) is 26.1 Å². The van der Waals surface area contributed by atoms with Gasteiger partial charge in [0.1, 0.15) is 5.82 Å². The molecule has 8 heteroatoms. The van der Waals surface area contributed by atoms with E-state index in [1.165, 1.54) is 0 Å². The fourth-order valence-electron chi connectivity index (χ4n) is 3.44. The maximum absolute atomic E-state index is 12.9. The Hall–Kier alpha value is -2.22. The Morgan fingerprint density at radius 2 is 2.12 bits per heavy atom. The smallest absolute Gasteiger partial charge is 0.254 e. The predicted octanol–water partition coefficient (Wildman–Crippen LogP) is 2.29. The van der Waals surface area contributed by atoms with Crippen LogP contribution in [0, 0.1) is 0 Å². The van der Waals surface area contributed by atoms with Crippen LogP contribution in [0.1, 0.15) is 34.9 Å². The molecular formula is C17H20N4O3S. The minimum absolute atomic E-state index is 0.0234. The molecule has 1 aromatic heterocycles. The van der Waals surface area contributed by atoms with Gasteiger partial charge in [-0.05, 0) is 37.3 Å². The van der Waals surface area contributed by atoms with Gasteiger partial charge in [0, 0.05) is 31.6 Å². The van der Waals surface area contributed by atoms with Crippen LogP contribution in [0.25, 0.3) is 0 Å². The zero-order valence-electron chi connectivity index (χ0n) is 14.3. The second kappa shape index (κ2) is 6.59. The van der Waals surface area contributed by atoms with Gasteiger partial charge in [-0.15, -0.1) is 10.2 Å². The second-order valence-corrected chi connectivity index (χ2v) is 7.04. The van der Waals surface area contributed by atoms with E-state index in [1.54, 1.807) is 30.0 Å². The molecule has 0 saturated carbocycles. The van der Waals surface area contributed by atoms with E-state index in [9.17, 15) is 4.79 Å². The van der Waals surface area contributed by atoms with Gasteiger partial charge in [-0.3, -0.25) is 4.79 Å². The van der Waals surface area contributed by atoms with E-state index in [0.29, 0.717) is 23.6 Å². The number of amides is 1. The van der Waals surface area contributed by atoms with Crippen LogP contribution in [0.3, 0.4) is 0 Å². The summed E-state index contributed by atoms with van der Waals surface area (Å²) in [5, 5.41) is 9.46. The molecule has 1 atom stereocenters. The van der Waals surface area contributed by atoms with Crippen LogP contribution >= 0.6 is 11.8 Å². The van der Waals surface area contributed by atoms with Crippen molar-refractivity contribution in [3.05, 3.63) is 29.6 Å². The number of rotatable bonds is 3. The van der Waals surface area contributed by atoms with Crippen LogP contribution in [-0.4, -0.2) is 51.7 Å². The number of ether oxygens (including phenoxy) is 2. The van der Waals surface area contributed by atoms with Crippen molar-refractivity contribution in [1.29, 1.82) is 0 Å². The number of hydrogen-bond donors (Lipinski definition) is 0. The largest absolute Gasteiger partial charge is 0.454 e. The lowest BCUT2D eigenvalue weighted by Crippen LogP contribution is -2.39. The molecule has 1 fully saturated rings. The second-order valence-electron chi connectivity index (χ2n) is 6.26. The van der Waals surface area contributed by atoms with Crippen LogP contribution in [0.5, 0.6) is 11.5 Å². The van der Waals surface area contributed by atoms with Gasteiger partial charge >= 0.3 is 0 Å². The highest BCUT2D eigenvalue weighted by Gasteiger charge is 2.29. The summed E-state index contributed by atoms with van der Waals surface area (Å²) in [6.45, 7) is 1.63. The number of piperidine rings is 1. The molecule has 2 aliphatic heterocycles. The van der Waals surface area contributed by atoms with E-state index >= 15 is 0 Å². The third-order valence-corrected chi connectivity index (χ3v) is 5.47. The normalized spacial score (nSPS) is 19.3. The average Bonchev–Trinajstić information content (AvgIpc) is 3.26. The molecule has 1 saturated heterocycles. The summed E-state index contributed by atoms with van der Waals surface area (Å²) in [7, 11) is 1.99. The van der Waals surface area contributed by atoms with Crippen molar-refractivity contribution in [3.8, 4) is 11.5 Å². The first-order valence-electron chi connectivity index (χ1n) is 8.29. The van der Waals surface area contributed by atoms with Crippen molar-refractivity contribution in [1.82, 2.24) is 19.7 Å². The molecule has 132 valence electrons. The summed E-state index contributed by atoms with van der Waals surface area (Å²) in [6, 6.07) is 5.36. The standard InChI is InChI=1S/C17H20N4O3S/c1-20-15(18-19-17(20)25-2)12-4-3-7-21(9-12)16(22)11-5-6-13-14(8-11)24-10-23-13/h5-6,8,12H,3-4,7,9-10H2,1-2H3. The molecular weight excluding hydrogens is 340 g/mol. The molecule has 4 rings (SSSR count). The van der Waals surface area contributed by atoms with Gasteiger partial charge in [0.2, 0.25) is 6.79 Å². The molecule has 0 bridgehead atoms. The Morgan fingerprint density at radius 3 is 2.92 bits per heavy atom. The Labute approximate surface area is 150 Å². The van der Waals surface area contributed by atoms with Crippen LogP contribution in [0.4, 0.5) is 0 Å². The first-order chi connectivity index (χ1) is 12.2. The molecule has 7 nitrogen and oxygen atoms in total. The predicted molar refractivity (Wildman–Crippen MR) is 93.2 cm³/mol. The van der Waals surface area contributed by atoms with Crippen molar-refractivity contribution in [3.63, 3.8) is 0 Å². The van der Waals surface area contributed by atoms with E-state index in [-0.39, 0.29) is 18.6 Å². The molecule has 0 radical (unpaired) electrons. The summed E-state index contributed by atoms with van der Waals surface area (Å²) in [4.78, 5) is 14.8. The monoisotopic (exact) mass is 360 g/mol. The summed E-state index contributed by atoms with van der Waals surface area (Å²) in [5.41, 5.74) is 0.632. The highest BCUT2D eigenvalue weighted by Crippen LogP contribution is 2.34. The van der Waals surface area contributed by atoms with Gasteiger partial charge < -0.3 is 18.9 Å². The number of nitrogens with zero attached hydrogens (tertiary/aromatic N) is 4. The van der Waals surface area contributed by atoms with Crippen molar-refractivity contribution >= 4 is 17.7 Å².